The normalized spacial score (nSPS) is 28.7. The fraction of sp³-hybridized carbons (Fsp3) is 0.533. The van der Waals surface area contributed by atoms with Gasteiger partial charge in [-0.15, -0.1) is 0 Å². The van der Waals surface area contributed by atoms with Crippen LogP contribution in [0.5, 0.6) is 5.75 Å². The van der Waals surface area contributed by atoms with Crippen molar-refractivity contribution in [2.45, 2.75) is 31.0 Å². The summed E-state index contributed by atoms with van der Waals surface area (Å²) in [6.45, 7) is 1.93. The fourth-order valence-electron chi connectivity index (χ4n) is 2.90. The molecule has 0 amide bonds. The predicted octanol–water partition coefficient (Wildman–Crippen LogP) is 2.86. The summed E-state index contributed by atoms with van der Waals surface area (Å²) in [6.07, 6.45) is 2.33. The summed E-state index contributed by atoms with van der Waals surface area (Å²) < 4.78 is 18.0. The van der Waals surface area contributed by atoms with Crippen molar-refractivity contribution < 1.29 is 24.1 Å². The molecule has 0 radical (unpaired) electrons. The number of halogens is 1. The second-order valence-corrected chi connectivity index (χ2v) is 6.43. The lowest BCUT2D eigenvalue weighted by Crippen LogP contribution is -2.44. The van der Waals surface area contributed by atoms with E-state index in [1.807, 2.05) is 0 Å². The molecule has 1 aromatic carbocycles. The lowest BCUT2D eigenvalue weighted by molar-refractivity contribution is -0.112. The molecule has 2 fully saturated rings. The Balaban J connectivity index is 1.75. The topological polar surface area (TPSA) is 65.0 Å². The van der Waals surface area contributed by atoms with Crippen LogP contribution in [0.3, 0.4) is 0 Å². The Morgan fingerprint density at radius 2 is 2.29 bits per heavy atom. The number of hydrogen-bond acceptors (Lipinski definition) is 4. The van der Waals surface area contributed by atoms with Crippen LogP contribution in [0.1, 0.15) is 29.6 Å². The quantitative estimate of drug-likeness (QED) is 0.901. The molecule has 2 saturated heterocycles. The van der Waals surface area contributed by atoms with Gasteiger partial charge in [-0.2, -0.15) is 0 Å². The molecule has 2 heterocycles. The second-order valence-electron chi connectivity index (χ2n) is 5.51. The molecule has 1 spiro atoms. The van der Waals surface area contributed by atoms with Gasteiger partial charge in [0.05, 0.1) is 18.8 Å². The zero-order chi connectivity index (χ0) is 14.9. The van der Waals surface area contributed by atoms with E-state index in [4.69, 9.17) is 14.2 Å². The van der Waals surface area contributed by atoms with Gasteiger partial charge in [0, 0.05) is 30.3 Å². The van der Waals surface area contributed by atoms with Crippen molar-refractivity contribution in [3.63, 3.8) is 0 Å². The number of carbonyl (C=O) groups is 1. The maximum atomic E-state index is 11.3. The van der Waals surface area contributed by atoms with Gasteiger partial charge in [-0.1, -0.05) is 15.9 Å². The first kappa shape index (κ1) is 14.8. The zero-order valence-corrected chi connectivity index (χ0v) is 13.1. The molecule has 1 N–H and O–H groups in total. The molecule has 0 aliphatic carbocycles. The molecule has 6 heteroatoms. The molecular formula is C15H17BrO5. The molecule has 0 bridgehead atoms. The Labute approximate surface area is 131 Å². The molecule has 5 nitrogen and oxygen atoms in total. The number of benzene rings is 1. The number of carboxylic acids is 1. The van der Waals surface area contributed by atoms with E-state index < -0.39 is 5.97 Å². The van der Waals surface area contributed by atoms with Crippen LogP contribution in [0, 0.1) is 0 Å². The summed E-state index contributed by atoms with van der Waals surface area (Å²) >= 11 is 3.28. The van der Waals surface area contributed by atoms with Crippen molar-refractivity contribution in [1.29, 1.82) is 0 Å². The summed E-state index contributed by atoms with van der Waals surface area (Å²) in [5.74, 6) is -0.580. The highest BCUT2D eigenvalue weighted by Crippen LogP contribution is 2.35. The van der Waals surface area contributed by atoms with Crippen LogP contribution in [0.15, 0.2) is 22.7 Å². The van der Waals surface area contributed by atoms with Gasteiger partial charge in [0.25, 0.3) is 0 Å². The van der Waals surface area contributed by atoms with Gasteiger partial charge in [-0.3, -0.25) is 0 Å². The number of hydrogen-bond donors (Lipinski definition) is 1. The zero-order valence-electron chi connectivity index (χ0n) is 11.5. The minimum absolute atomic E-state index is 0.0419. The highest BCUT2D eigenvalue weighted by Gasteiger charge is 2.42. The first-order valence-corrected chi connectivity index (χ1v) is 7.78. The number of ether oxygens (including phenoxy) is 3. The highest BCUT2D eigenvalue weighted by molar-refractivity contribution is 9.10. The van der Waals surface area contributed by atoms with Crippen LogP contribution in [0.25, 0.3) is 0 Å². The molecule has 2 unspecified atom stereocenters. The van der Waals surface area contributed by atoms with Gasteiger partial charge < -0.3 is 19.3 Å². The van der Waals surface area contributed by atoms with E-state index in [9.17, 15) is 9.90 Å². The van der Waals surface area contributed by atoms with Gasteiger partial charge >= 0.3 is 5.97 Å². The van der Waals surface area contributed by atoms with E-state index in [0.717, 1.165) is 23.7 Å². The summed E-state index contributed by atoms with van der Waals surface area (Å²) in [5.41, 5.74) is -0.0747. The van der Waals surface area contributed by atoms with Crippen molar-refractivity contribution in [3.05, 3.63) is 28.2 Å². The van der Waals surface area contributed by atoms with Gasteiger partial charge in [-0.05, 0) is 18.2 Å². The molecule has 21 heavy (non-hydrogen) atoms. The third-order valence-corrected chi connectivity index (χ3v) is 4.47. The monoisotopic (exact) mass is 356 g/mol. The van der Waals surface area contributed by atoms with Crippen molar-refractivity contribution in [1.82, 2.24) is 0 Å². The average molecular weight is 357 g/mol. The standard InChI is InChI=1S/C15H17BrO5/c16-10-1-2-13(12(7-10)14(17)18)21-11-3-5-20-15(8-11)4-6-19-9-15/h1-2,7,11H,3-6,8-9H2,(H,17,18). The Kier molecular flexibility index (Phi) is 4.19. The molecule has 1 aromatic rings. The predicted molar refractivity (Wildman–Crippen MR) is 78.9 cm³/mol. The van der Waals surface area contributed by atoms with Gasteiger partial charge in [-0.25, -0.2) is 4.79 Å². The van der Waals surface area contributed by atoms with E-state index in [1.165, 1.54) is 0 Å². The summed E-state index contributed by atoms with van der Waals surface area (Å²) in [6, 6.07) is 5.04. The smallest absolute Gasteiger partial charge is 0.339 e. The number of aromatic carboxylic acids is 1. The summed E-state index contributed by atoms with van der Waals surface area (Å²) in [4.78, 5) is 11.3. The van der Waals surface area contributed by atoms with Gasteiger partial charge in [0.15, 0.2) is 0 Å². The van der Waals surface area contributed by atoms with Crippen molar-refractivity contribution >= 4 is 21.9 Å². The third kappa shape index (κ3) is 3.22. The van der Waals surface area contributed by atoms with E-state index in [-0.39, 0.29) is 17.3 Å². The van der Waals surface area contributed by atoms with Gasteiger partial charge in [0.2, 0.25) is 0 Å². The molecule has 2 aliphatic heterocycles. The average Bonchev–Trinajstić information content (AvgIpc) is 2.88. The third-order valence-electron chi connectivity index (χ3n) is 3.98. The van der Waals surface area contributed by atoms with Crippen molar-refractivity contribution in [2.75, 3.05) is 19.8 Å². The minimum atomic E-state index is -0.989. The Bertz CT molecular complexity index is 539. The van der Waals surface area contributed by atoms with Gasteiger partial charge in [0.1, 0.15) is 17.4 Å². The van der Waals surface area contributed by atoms with E-state index in [0.29, 0.717) is 25.6 Å². The lowest BCUT2D eigenvalue weighted by Gasteiger charge is -2.37. The van der Waals surface area contributed by atoms with E-state index in [1.54, 1.807) is 18.2 Å². The van der Waals surface area contributed by atoms with Crippen LogP contribution in [-0.4, -0.2) is 42.6 Å². The molecule has 0 saturated carbocycles. The highest BCUT2D eigenvalue weighted by atomic mass is 79.9. The molecule has 2 atom stereocenters. The Morgan fingerprint density at radius 3 is 3.00 bits per heavy atom. The van der Waals surface area contributed by atoms with Crippen LogP contribution in [0.4, 0.5) is 0 Å². The largest absolute Gasteiger partial charge is 0.489 e. The molecule has 3 rings (SSSR count). The molecular weight excluding hydrogens is 340 g/mol. The van der Waals surface area contributed by atoms with Crippen LogP contribution in [0.2, 0.25) is 0 Å². The first-order valence-electron chi connectivity index (χ1n) is 6.99. The van der Waals surface area contributed by atoms with Crippen molar-refractivity contribution in [3.8, 4) is 5.75 Å². The number of carboxylic acid groups (broad SMARTS) is 1. The lowest BCUT2D eigenvalue weighted by atomic mass is 9.91. The summed E-state index contributed by atoms with van der Waals surface area (Å²) in [7, 11) is 0. The fourth-order valence-corrected chi connectivity index (χ4v) is 3.26. The molecule has 114 valence electrons. The van der Waals surface area contributed by atoms with Crippen molar-refractivity contribution in [2.24, 2.45) is 0 Å². The number of rotatable bonds is 3. The SMILES string of the molecule is O=C(O)c1cc(Br)ccc1OC1CCOC2(CCOC2)C1. The van der Waals surface area contributed by atoms with Crippen LogP contribution < -0.4 is 4.74 Å². The summed E-state index contributed by atoms with van der Waals surface area (Å²) in [5, 5.41) is 9.28. The Morgan fingerprint density at radius 1 is 1.43 bits per heavy atom. The second kappa shape index (κ2) is 5.94. The van der Waals surface area contributed by atoms with E-state index >= 15 is 0 Å². The Hall–Kier alpha value is -1.11. The molecule has 2 aliphatic rings. The van der Waals surface area contributed by atoms with E-state index in [2.05, 4.69) is 15.9 Å². The molecule has 0 aromatic heterocycles. The minimum Gasteiger partial charge on any atom is -0.489 e. The maximum Gasteiger partial charge on any atom is 0.339 e. The van der Waals surface area contributed by atoms with Crippen LogP contribution >= 0.6 is 15.9 Å². The van der Waals surface area contributed by atoms with Crippen LogP contribution in [-0.2, 0) is 9.47 Å². The maximum absolute atomic E-state index is 11.3. The first-order chi connectivity index (χ1) is 10.1.